The molecule has 2 heterocycles. The van der Waals surface area contributed by atoms with Crippen LogP contribution in [0.5, 0.6) is 17.2 Å². The summed E-state index contributed by atoms with van der Waals surface area (Å²) in [5.41, 5.74) is 0.866. The number of phenolic OH excluding ortho intramolecular Hbond substituents is 1. The second-order valence-electron chi connectivity index (χ2n) is 10.5. The van der Waals surface area contributed by atoms with E-state index in [1.807, 2.05) is 13.8 Å². The number of benzene rings is 2. The lowest BCUT2D eigenvalue weighted by molar-refractivity contribution is -0.277. The van der Waals surface area contributed by atoms with Crippen molar-refractivity contribution in [1.82, 2.24) is 0 Å². The van der Waals surface area contributed by atoms with Crippen LogP contribution in [0.25, 0.3) is 0 Å². The summed E-state index contributed by atoms with van der Waals surface area (Å²) in [5, 5.41) is 89.6. The van der Waals surface area contributed by atoms with Crippen molar-refractivity contribution < 1.29 is 64.9 Å². The average Bonchev–Trinajstić information content (AvgIpc) is 2.94. The molecule has 13 nitrogen and oxygen atoms in total. The van der Waals surface area contributed by atoms with E-state index in [4.69, 9.17) is 18.9 Å². The standard InChI is InChI=1S/C27H36O13/c1-27(2,12-3-6-14(7-4-12)37-25-23(35)21(33)19(31)17(10-28)39-25)13-5-8-16(15(30)9-13)38-26-24(36)22(34)20(32)18(11-29)40-26/h3-9,17-26,28-36H,10-11H2,1-2H3/t17-,18-,19-,20-,21+,22+,23-,24-,25-,26-/m1/s1. The van der Waals surface area contributed by atoms with Crippen molar-refractivity contribution in [2.24, 2.45) is 0 Å². The number of ether oxygens (including phenoxy) is 4. The topological polar surface area (TPSA) is 219 Å². The summed E-state index contributed by atoms with van der Waals surface area (Å²) >= 11 is 0. The maximum atomic E-state index is 10.7. The van der Waals surface area contributed by atoms with E-state index >= 15 is 0 Å². The summed E-state index contributed by atoms with van der Waals surface area (Å²) in [5.74, 6) is -0.0210. The molecule has 2 aliphatic rings. The van der Waals surface area contributed by atoms with Gasteiger partial charge in [0.2, 0.25) is 12.6 Å². The SMILES string of the molecule is CC(C)(c1ccc(O[C@@H]2O[C@H](CO)[C@@H](O)[C@H](O)[C@H]2O)cc1)c1ccc(O[C@@H]2O[C@H](CO)[C@@H](O)[C@H](O)[C@H]2O)c(O)c1. The van der Waals surface area contributed by atoms with E-state index in [0.29, 0.717) is 11.3 Å². The highest BCUT2D eigenvalue weighted by molar-refractivity contribution is 5.48. The van der Waals surface area contributed by atoms with Crippen molar-refractivity contribution in [3.8, 4) is 17.2 Å². The minimum atomic E-state index is -1.63. The molecule has 4 rings (SSSR count). The summed E-state index contributed by atoms with van der Waals surface area (Å²) in [6.45, 7) is 2.63. The molecule has 0 spiro atoms. The smallest absolute Gasteiger partial charge is 0.229 e. The summed E-state index contributed by atoms with van der Waals surface area (Å²) in [7, 11) is 0. The molecule has 0 aliphatic carbocycles. The Bertz CT molecular complexity index is 1120. The molecular formula is C27H36O13. The molecule has 0 bridgehead atoms. The minimum Gasteiger partial charge on any atom is -0.504 e. The van der Waals surface area contributed by atoms with E-state index in [-0.39, 0.29) is 11.5 Å². The van der Waals surface area contributed by atoms with Gasteiger partial charge in [-0.1, -0.05) is 32.0 Å². The maximum Gasteiger partial charge on any atom is 0.229 e. The highest BCUT2D eigenvalue weighted by Crippen LogP contribution is 2.38. The van der Waals surface area contributed by atoms with Gasteiger partial charge in [0.05, 0.1) is 13.2 Å². The van der Waals surface area contributed by atoms with E-state index in [0.717, 1.165) is 5.56 Å². The zero-order chi connectivity index (χ0) is 29.4. The van der Waals surface area contributed by atoms with Crippen LogP contribution in [0.1, 0.15) is 25.0 Å². The predicted molar refractivity (Wildman–Crippen MR) is 135 cm³/mol. The molecule has 2 fully saturated rings. The van der Waals surface area contributed by atoms with Gasteiger partial charge in [-0.15, -0.1) is 0 Å². The number of hydrogen-bond donors (Lipinski definition) is 9. The number of aliphatic hydroxyl groups excluding tert-OH is 8. The molecule has 10 atom stereocenters. The third-order valence-electron chi connectivity index (χ3n) is 7.45. The normalized spacial score (nSPS) is 34.9. The van der Waals surface area contributed by atoms with Gasteiger partial charge >= 0.3 is 0 Å². The molecule has 0 aromatic heterocycles. The summed E-state index contributed by atoms with van der Waals surface area (Å²) in [4.78, 5) is 0. The lowest BCUT2D eigenvalue weighted by atomic mass is 9.78. The Labute approximate surface area is 230 Å². The summed E-state index contributed by atoms with van der Waals surface area (Å²) in [6.07, 6.45) is -14.4. The van der Waals surface area contributed by atoms with Gasteiger partial charge in [-0.3, -0.25) is 0 Å². The number of hydrogen-bond acceptors (Lipinski definition) is 13. The number of aromatic hydroxyl groups is 1. The molecule has 40 heavy (non-hydrogen) atoms. The third-order valence-corrected chi connectivity index (χ3v) is 7.45. The van der Waals surface area contributed by atoms with Crippen LogP contribution in [0.3, 0.4) is 0 Å². The Balaban J connectivity index is 1.46. The first-order valence-electron chi connectivity index (χ1n) is 12.8. The molecule has 2 saturated heterocycles. The molecule has 13 heteroatoms. The molecular weight excluding hydrogens is 532 g/mol. The highest BCUT2D eigenvalue weighted by atomic mass is 16.7. The molecule has 2 aromatic rings. The molecule has 0 amide bonds. The van der Waals surface area contributed by atoms with Gasteiger partial charge in [0.1, 0.15) is 54.6 Å². The Morgan fingerprint density at radius 3 is 1.60 bits per heavy atom. The van der Waals surface area contributed by atoms with Crippen LogP contribution in [-0.4, -0.2) is 121 Å². The first-order chi connectivity index (χ1) is 18.9. The fraction of sp³-hybridized carbons (Fsp3) is 0.556. The van der Waals surface area contributed by atoms with Crippen LogP contribution >= 0.6 is 0 Å². The highest BCUT2D eigenvalue weighted by Gasteiger charge is 2.46. The van der Waals surface area contributed by atoms with Crippen molar-refractivity contribution >= 4 is 0 Å². The Morgan fingerprint density at radius 1 is 0.650 bits per heavy atom. The first kappa shape index (κ1) is 30.4. The van der Waals surface area contributed by atoms with E-state index in [9.17, 15) is 46.0 Å². The zero-order valence-electron chi connectivity index (χ0n) is 21.9. The van der Waals surface area contributed by atoms with Gasteiger partial charge in [0.15, 0.2) is 11.5 Å². The van der Waals surface area contributed by atoms with Crippen molar-refractivity contribution in [2.45, 2.75) is 80.7 Å². The van der Waals surface area contributed by atoms with E-state index in [1.165, 1.54) is 12.1 Å². The van der Waals surface area contributed by atoms with Gasteiger partial charge in [0, 0.05) is 5.41 Å². The lowest BCUT2D eigenvalue weighted by Crippen LogP contribution is -2.60. The second-order valence-corrected chi connectivity index (χ2v) is 10.5. The molecule has 0 radical (unpaired) electrons. The van der Waals surface area contributed by atoms with Gasteiger partial charge in [-0.25, -0.2) is 0 Å². The Morgan fingerprint density at radius 2 is 1.12 bits per heavy atom. The largest absolute Gasteiger partial charge is 0.504 e. The second kappa shape index (κ2) is 12.1. The number of phenols is 1. The average molecular weight is 569 g/mol. The zero-order valence-corrected chi connectivity index (χ0v) is 21.9. The van der Waals surface area contributed by atoms with Gasteiger partial charge < -0.3 is 64.9 Å². The quantitative estimate of drug-likeness (QED) is 0.170. The van der Waals surface area contributed by atoms with Crippen LogP contribution in [0.15, 0.2) is 42.5 Å². The molecule has 222 valence electrons. The fourth-order valence-corrected chi connectivity index (χ4v) is 4.71. The van der Waals surface area contributed by atoms with E-state index in [1.54, 1.807) is 30.3 Å². The van der Waals surface area contributed by atoms with E-state index in [2.05, 4.69) is 0 Å². The van der Waals surface area contributed by atoms with Crippen LogP contribution < -0.4 is 9.47 Å². The summed E-state index contributed by atoms with van der Waals surface area (Å²) in [6, 6.07) is 11.4. The van der Waals surface area contributed by atoms with Gasteiger partial charge in [0.25, 0.3) is 0 Å². The molecule has 0 saturated carbocycles. The minimum absolute atomic E-state index is 0.0489. The molecule has 2 aromatic carbocycles. The molecule has 0 unspecified atom stereocenters. The number of rotatable bonds is 8. The van der Waals surface area contributed by atoms with Gasteiger partial charge in [-0.2, -0.15) is 0 Å². The lowest BCUT2D eigenvalue weighted by Gasteiger charge is -2.39. The number of aliphatic hydroxyl groups is 8. The Hall–Kier alpha value is -2.56. The van der Waals surface area contributed by atoms with Crippen LogP contribution in [0, 0.1) is 0 Å². The van der Waals surface area contributed by atoms with Crippen molar-refractivity contribution in [2.75, 3.05) is 13.2 Å². The van der Waals surface area contributed by atoms with Crippen molar-refractivity contribution in [3.05, 3.63) is 53.6 Å². The van der Waals surface area contributed by atoms with Crippen LogP contribution in [-0.2, 0) is 14.9 Å². The molecule has 9 N–H and O–H groups in total. The van der Waals surface area contributed by atoms with Crippen molar-refractivity contribution in [3.63, 3.8) is 0 Å². The van der Waals surface area contributed by atoms with E-state index < -0.39 is 80.0 Å². The van der Waals surface area contributed by atoms with Crippen molar-refractivity contribution in [1.29, 1.82) is 0 Å². The van der Waals surface area contributed by atoms with Gasteiger partial charge in [-0.05, 0) is 35.4 Å². The molecule has 2 aliphatic heterocycles. The maximum absolute atomic E-state index is 10.7. The van der Waals surface area contributed by atoms with Crippen LogP contribution in [0.2, 0.25) is 0 Å². The first-order valence-corrected chi connectivity index (χ1v) is 12.8. The fourth-order valence-electron chi connectivity index (χ4n) is 4.71. The third kappa shape index (κ3) is 5.90. The Kier molecular flexibility index (Phi) is 9.21. The monoisotopic (exact) mass is 568 g/mol. The van der Waals surface area contributed by atoms with Crippen LogP contribution in [0.4, 0.5) is 0 Å². The predicted octanol–water partition coefficient (Wildman–Crippen LogP) is -1.92. The summed E-state index contributed by atoms with van der Waals surface area (Å²) < 4.78 is 21.9.